The molecule has 0 radical (unpaired) electrons. The van der Waals surface area contributed by atoms with Gasteiger partial charge in [-0.2, -0.15) is 0 Å². The third-order valence-corrected chi connectivity index (χ3v) is 12.6. The van der Waals surface area contributed by atoms with Crippen molar-refractivity contribution in [2.45, 2.75) is 6.17 Å². The molecule has 0 saturated carbocycles. The van der Waals surface area contributed by atoms with Crippen LogP contribution in [0.25, 0.3) is 76.9 Å². The quantitative estimate of drug-likeness (QED) is 0.182. The summed E-state index contributed by atoms with van der Waals surface area (Å²) in [4.78, 5) is 7.83. The van der Waals surface area contributed by atoms with Gasteiger partial charge >= 0.3 is 0 Å². The van der Waals surface area contributed by atoms with E-state index in [9.17, 15) is 0 Å². The number of aromatic nitrogens is 2. The fourth-order valence-corrected chi connectivity index (χ4v) is 10.1. The summed E-state index contributed by atoms with van der Waals surface area (Å²) in [5, 5.41) is 11.4. The Bertz CT molecular complexity index is 3560. The molecule has 13 rings (SSSR count). The second-order valence-corrected chi connectivity index (χ2v) is 16.0. The number of benzene rings is 9. The zero-order valence-corrected chi connectivity index (χ0v) is 33.1. The van der Waals surface area contributed by atoms with Crippen LogP contribution in [-0.4, -0.2) is 15.0 Å². The van der Waals surface area contributed by atoms with Gasteiger partial charge in [-0.1, -0.05) is 140 Å². The van der Waals surface area contributed by atoms with Crippen LogP contribution < -0.4 is 10.2 Å². The predicted molar refractivity (Wildman–Crippen MR) is 255 cm³/mol. The van der Waals surface area contributed by atoms with Crippen molar-refractivity contribution in [2.24, 2.45) is 4.99 Å². The Hall–Kier alpha value is -8.15. The summed E-state index contributed by atoms with van der Waals surface area (Å²) in [6.07, 6.45) is 1.97. The number of hydrogen-bond donors (Lipinski definition) is 1. The van der Waals surface area contributed by atoms with Gasteiger partial charge in [-0.15, -0.1) is 0 Å². The van der Waals surface area contributed by atoms with Crippen LogP contribution in [0.4, 0.5) is 17.1 Å². The number of para-hydroxylation sites is 2. The zero-order valence-electron chi connectivity index (χ0n) is 33.1. The molecule has 1 aliphatic heterocycles. The van der Waals surface area contributed by atoms with Crippen molar-refractivity contribution in [3.63, 3.8) is 0 Å². The van der Waals surface area contributed by atoms with Crippen LogP contribution in [0.3, 0.4) is 0 Å². The van der Waals surface area contributed by atoms with Crippen molar-refractivity contribution in [2.75, 3.05) is 4.90 Å². The van der Waals surface area contributed by atoms with Crippen LogP contribution >= 0.6 is 0 Å². The highest BCUT2D eigenvalue weighted by Crippen LogP contribution is 2.51. The Kier molecular flexibility index (Phi) is 7.30. The van der Waals surface area contributed by atoms with Gasteiger partial charge in [0, 0.05) is 61.5 Å². The molecule has 1 N–H and O–H groups in total. The second-order valence-electron chi connectivity index (χ2n) is 16.0. The Morgan fingerprint density at radius 1 is 0.426 bits per heavy atom. The normalized spacial score (nSPS) is 14.4. The van der Waals surface area contributed by atoms with E-state index in [2.05, 4.69) is 232 Å². The minimum atomic E-state index is -0.253. The van der Waals surface area contributed by atoms with Crippen molar-refractivity contribution in [3.05, 3.63) is 223 Å². The first-order chi connectivity index (χ1) is 30.3. The first-order valence-electron chi connectivity index (χ1n) is 20.9. The highest BCUT2D eigenvalue weighted by atomic mass is 15.2. The van der Waals surface area contributed by atoms with E-state index in [0.717, 1.165) is 56.4 Å². The molecular weight excluding hydrogens is 743 g/mol. The number of aliphatic imine (C=N–C) groups is 1. The molecule has 3 heterocycles. The topological polar surface area (TPSA) is 37.5 Å². The third kappa shape index (κ3) is 5.04. The molecule has 1 atom stereocenters. The average Bonchev–Trinajstić information content (AvgIpc) is 3.82. The molecule has 1 unspecified atom stereocenters. The van der Waals surface area contributed by atoms with Crippen molar-refractivity contribution in [1.29, 1.82) is 0 Å². The number of nitrogens with zero attached hydrogens (tertiary/aromatic N) is 4. The molecule has 286 valence electrons. The number of fused-ring (bicyclic) bond motifs is 1. The van der Waals surface area contributed by atoms with Gasteiger partial charge in [-0.05, 0) is 94.4 Å². The van der Waals surface area contributed by atoms with Crippen molar-refractivity contribution in [1.82, 2.24) is 14.5 Å². The summed E-state index contributed by atoms with van der Waals surface area (Å²) >= 11 is 0. The lowest BCUT2D eigenvalue weighted by molar-refractivity contribution is 0.660. The summed E-state index contributed by atoms with van der Waals surface area (Å²) in [5.41, 5.74) is 14.9. The molecule has 0 bridgehead atoms. The van der Waals surface area contributed by atoms with Gasteiger partial charge in [0.25, 0.3) is 0 Å². The summed E-state index contributed by atoms with van der Waals surface area (Å²) in [7, 11) is 0. The van der Waals surface area contributed by atoms with E-state index >= 15 is 0 Å². The molecule has 0 fully saturated rings. The van der Waals surface area contributed by atoms with Crippen LogP contribution in [0.1, 0.15) is 17.3 Å². The van der Waals surface area contributed by atoms with E-state index in [1.165, 1.54) is 54.5 Å². The second kappa shape index (κ2) is 13.2. The Balaban J connectivity index is 1.09. The summed E-state index contributed by atoms with van der Waals surface area (Å²) in [6, 6.07) is 74.3. The van der Waals surface area contributed by atoms with Crippen LogP contribution in [-0.2, 0) is 0 Å². The fourth-order valence-electron chi connectivity index (χ4n) is 10.1. The van der Waals surface area contributed by atoms with Gasteiger partial charge in [0.15, 0.2) is 0 Å². The lowest BCUT2D eigenvalue weighted by atomic mass is 9.98. The molecule has 5 heteroatoms. The lowest BCUT2D eigenvalue weighted by Gasteiger charge is -2.26. The van der Waals surface area contributed by atoms with E-state index in [1.54, 1.807) is 0 Å². The monoisotopic (exact) mass is 779 g/mol. The number of allylic oxidation sites excluding steroid dienone is 1. The Morgan fingerprint density at radius 3 is 1.59 bits per heavy atom. The van der Waals surface area contributed by atoms with Gasteiger partial charge in [0.2, 0.25) is 0 Å². The molecule has 2 aromatic heterocycles. The fraction of sp³-hybridized carbons (Fsp3) is 0.0179. The van der Waals surface area contributed by atoms with Gasteiger partial charge in [-0.3, -0.25) is 4.57 Å². The maximum Gasteiger partial charge on any atom is 0.147 e. The molecule has 2 aliphatic rings. The molecule has 0 saturated heterocycles. The van der Waals surface area contributed by atoms with E-state index in [0.29, 0.717) is 0 Å². The molecule has 11 aromatic rings. The summed E-state index contributed by atoms with van der Waals surface area (Å²) in [6.45, 7) is 0. The van der Waals surface area contributed by atoms with E-state index in [4.69, 9.17) is 4.99 Å². The first-order valence-corrected chi connectivity index (χ1v) is 20.9. The van der Waals surface area contributed by atoms with E-state index in [1.807, 2.05) is 0 Å². The van der Waals surface area contributed by atoms with Crippen molar-refractivity contribution in [3.8, 4) is 16.8 Å². The highest BCUT2D eigenvalue weighted by molar-refractivity contribution is 6.39. The van der Waals surface area contributed by atoms with Crippen LogP contribution in [0.5, 0.6) is 0 Å². The van der Waals surface area contributed by atoms with Crippen LogP contribution in [0, 0.1) is 0 Å². The molecule has 0 spiro atoms. The van der Waals surface area contributed by atoms with E-state index < -0.39 is 0 Å². The van der Waals surface area contributed by atoms with Crippen molar-refractivity contribution < 1.29 is 0 Å². The molecular formula is C56H37N5. The molecule has 1 aliphatic carbocycles. The predicted octanol–water partition coefficient (Wildman–Crippen LogP) is 14.1. The molecule has 0 amide bonds. The minimum absolute atomic E-state index is 0.253. The maximum atomic E-state index is 5.49. The lowest BCUT2D eigenvalue weighted by Crippen LogP contribution is -2.27. The Morgan fingerprint density at radius 2 is 0.951 bits per heavy atom. The van der Waals surface area contributed by atoms with Crippen LogP contribution in [0.2, 0.25) is 0 Å². The van der Waals surface area contributed by atoms with E-state index in [-0.39, 0.29) is 6.17 Å². The maximum absolute atomic E-state index is 5.49. The molecule has 61 heavy (non-hydrogen) atoms. The smallest absolute Gasteiger partial charge is 0.147 e. The number of rotatable bonds is 6. The number of nitrogens with one attached hydrogen (secondary N) is 1. The number of anilines is 3. The van der Waals surface area contributed by atoms with Gasteiger partial charge < -0.3 is 14.8 Å². The van der Waals surface area contributed by atoms with Gasteiger partial charge in [-0.25, -0.2) is 4.99 Å². The average molecular weight is 780 g/mol. The largest absolute Gasteiger partial charge is 0.359 e. The standard InChI is InChI=1S/C56H37N5/c1-5-16-36(17-6-1)45-35-50(58-56(57-45)38-18-7-2-8-19-38)61-47-29-15-27-44-43-26-14-28-46-52(43)54-48(32-30-37-31-33-49(61)55(51(37)54)53(44)47)60(46)42-25-13-24-41(34-42)59(39-20-9-3-10-21-39)40-22-11-4-12-23-40/h1-35,56-57H. The summed E-state index contributed by atoms with van der Waals surface area (Å²) in [5.74, 6) is 0.907. The van der Waals surface area contributed by atoms with Gasteiger partial charge in [0.05, 0.1) is 22.1 Å². The summed E-state index contributed by atoms with van der Waals surface area (Å²) < 4.78 is 4.88. The highest BCUT2D eigenvalue weighted by Gasteiger charge is 2.29. The SMILES string of the molecule is C1=C(c2ccccc2)NC(c2ccccc2)N=C1n1c2cccc3c2c2c4c(ccc21)ccc1c4c2c-3cccc2n1-c1cccc(N(c2ccccc2)c2ccccc2)c1. The third-order valence-electron chi connectivity index (χ3n) is 12.6. The minimum Gasteiger partial charge on any atom is -0.359 e. The van der Waals surface area contributed by atoms with Crippen LogP contribution in [0.15, 0.2) is 217 Å². The molecule has 5 nitrogen and oxygen atoms in total. The first kappa shape index (κ1) is 33.8. The van der Waals surface area contributed by atoms with Gasteiger partial charge in [0.1, 0.15) is 12.0 Å². The Labute approximate surface area is 352 Å². The zero-order chi connectivity index (χ0) is 40.0. The molecule has 9 aromatic carbocycles. The van der Waals surface area contributed by atoms with Crippen molar-refractivity contribution >= 4 is 83.0 Å². The number of hydrogen-bond acceptors (Lipinski definition) is 3.